The van der Waals surface area contributed by atoms with Gasteiger partial charge in [-0.3, -0.25) is 14.4 Å². The molecule has 1 aromatic carbocycles. The molecule has 10 nitrogen and oxygen atoms in total. The molecule has 2 aliphatic heterocycles. The molecule has 218 valence electrons. The zero-order chi connectivity index (χ0) is 29.4. The predicted octanol–water partition coefficient (Wildman–Crippen LogP) is 4.14. The smallest absolute Gasteiger partial charge is 0.326 e. The zero-order valence-electron chi connectivity index (χ0n) is 23.8. The molecule has 2 saturated carbocycles. The summed E-state index contributed by atoms with van der Waals surface area (Å²) in [7, 11) is 0. The summed E-state index contributed by atoms with van der Waals surface area (Å²) in [6.07, 6.45) is 2.92. The van der Waals surface area contributed by atoms with Crippen molar-refractivity contribution in [3.63, 3.8) is 0 Å². The molecule has 2 aliphatic carbocycles. The van der Waals surface area contributed by atoms with Crippen LogP contribution in [0.15, 0.2) is 6.07 Å². The fourth-order valence-corrected chi connectivity index (χ4v) is 8.61. The highest BCUT2D eigenvalue weighted by Gasteiger charge is 2.68. The van der Waals surface area contributed by atoms with Crippen LogP contribution in [0, 0.1) is 22.7 Å². The lowest BCUT2D eigenvalue weighted by atomic mass is 9.43. The van der Waals surface area contributed by atoms with E-state index in [1.807, 2.05) is 0 Å². The maximum Gasteiger partial charge on any atom is 0.326 e. The normalized spacial score (nSPS) is 32.6. The maximum absolute atomic E-state index is 13.4. The minimum atomic E-state index is -1.31. The van der Waals surface area contributed by atoms with Gasteiger partial charge >= 0.3 is 17.9 Å². The summed E-state index contributed by atoms with van der Waals surface area (Å²) in [4.78, 5) is 49.6. The summed E-state index contributed by atoms with van der Waals surface area (Å²) in [5.74, 6) is -2.56. The van der Waals surface area contributed by atoms with Crippen molar-refractivity contribution in [3.05, 3.63) is 22.8 Å². The molecule has 0 bridgehead atoms. The number of carbonyl (C=O) groups excluding carboxylic acids is 2. The van der Waals surface area contributed by atoms with Crippen LogP contribution in [0.5, 0.6) is 11.5 Å². The van der Waals surface area contributed by atoms with Gasteiger partial charge in [-0.25, -0.2) is 4.79 Å². The van der Waals surface area contributed by atoms with Crippen LogP contribution in [0.2, 0.25) is 0 Å². The summed E-state index contributed by atoms with van der Waals surface area (Å²) < 4.78 is 12.8. The molecule has 1 aromatic rings. The summed E-state index contributed by atoms with van der Waals surface area (Å²) in [5.41, 5.74) is 0.0613. The monoisotopic (exact) mass is 557 g/mol. The van der Waals surface area contributed by atoms with Crippen molar-refractivity contribution >= 4 is 23.8 Å². The van der Waals surface area contributed by atoms with Gasteiger partial charge in [-0.2, -0.15) is 0 Å². The Labute approximate surface area is 233 Å². The lowest BCUT2D eigenvalue weighted by molar-refractivity contribution is -0.218. The zero-order valence-corrected chi connectivity index (χ0v) is 23.8. The van der Waals surface area contributed by atoms with Crippen LogP contribution >= 0.6 is 0 Å². The number of aromatic hydroxyl groups is 1. The molecule has 1 spiro atoms. The molecule has 5 rings (SSSR count). The third-order valence-electron chi connectivity index (χ3n) is 10.7. The Morgan fingerprint density at radius 1 is 1.15 bits per heavy atom. The van der Waals surface area contributed by atoms with Gasteiger partial charge in [0.2, 0.25) is 0 Å². The highest BCUT2D eigenvalue weighted by atomic mass is 16.5. The number of ether oxygens (including phenoxy) is 2. The minimum absolute atomic E-state index is 0.0298. The molecule has 40 heavy (non-hydrogen) atoms. The second kappa shape index (κ2) is 9.38. The van der Waals surface area contributed by atoms with Gasteiger partial charge < -0.3 is 29.7 Å². The van der Waals surface area contributed by atoms with Crippen molar-refractivity contribution in [2.45, 2.75) is 104 Å². The number of benzene rings is 1. The van der Waals surface area contributed by atoms with E-state index in [2.05, 4.69) is 27.7 Å². The number of carboxylic acids is 2. The molecule has 0 aromatic heterocycles. The van der Waals surface area contributed by atoms with Gasteiger partial charge in [0.15, 0.2) is 0 Å². The van der Waals surface area contributed by atoms with Gasteiger partial charge in [-0.05, 0) is 50.0 Å². The number of phenols is 1. The van der Waals surface area contributed by atoms with Gasteiger partial charge in [-0.1, -0.05) is 27.7 Å². The Kier molecular flexibility index (Phi) is 6.62. The standard InChI is InChI=1S/C30H39NO9/c1-15-6-8-22-28(3,4)23(39-16(2)32)10-11-29(22,5)30(15)13-18-21(33)12-17-19(25(18)40-30)14-31(26(17)36)20(27(37)38)7-9-24(34)35/h12,15,20,22-23,33H,6-11,13-14H2,1-5H3,(H,34,35)(H,37,38)/t15-,20+,22?,23+,29+,30-/m1/s1. The lowest BCUT2D eigenvalue weighted by Crippen LogP contribution is -2.67. The Morgan fingerprint density at radius 2 is 1.85 bits per heavy atom. The van der Waals surface area contributed by atoms with E-state index in [4.69, 9.17) is 14.6 Å². The van der Waals surface area contributed by atoms with Gasteiger partial charge in [-0.15, -0.1) is 0 Å². The summed E-state index contributed by atoms with van der Waals surface area (Å²) in [6, 6.07) is 0.0983. The fraction of sp³-hybridized carbons (Fsp3) is 0.667. The van der Waals surface area contributed by atoms with E-state index in [0.29, 0.717) is 29.7 Å². The molecular weight excluding hydrogens is 518 g/mol. The second-order valence-electron chi connectivity index (χ2n) is 13.0. The summed E-state index contributed by atoms with van der Waals surface area (Å²) >= 11 is 0. The molecule has 2 fully saturated rings. The molecular formula is C30H39NO9. The number of fused-ring (bicyclic) bond motifs is 5. The molecule has 1 unspecified atom stereocenters. The highest BCUT2D eigenvalue weighted by molar-refractivity contribution is 6.02. The van der Waals surface area contributed by atoms with E-state index >= 15 is 0 Å². The largest absolute Gasteiger partial charge is 0.508 e. The molecule has 0 saturated heterocycles. The number of amides is 1. The van der Waals surface area contributed by atoms with Crippen molar-refractivity contribution in [1.29, 1.82) is 0 Å². The average molecular weight is 558 g/mol. The molecule has 2 heterocycles. The number of hydrogen-bond acceptors (Lipinski definition) is 7. The van der Waals surface area contributed by atoms with Crippen molar-refractivity contribution in [3.8, 4) is 11.5 Å². The molecule has 10 heteroatoms. The minimum Gasteiger partial charge on any atom is -0.508 e. The van der Waals surface area contributed by atoms with Gasteiger partial charge in [0, 0.05) is 41.7 Å². The Hall–Kier alpha value is -3.30. The first-order valence-corrected chi connectivity index (χ1v) is 14.1. The molecule has 1 amide bonds. The fourth-order valence-electron chi connectivity index (χ4n) is 8.61. The van der Waals surface area contributed by atoms with Gasteiger partial charge in [0.25, 0.3) is 5.91 Å². The third-order valence-corrected chi connectivity index (χ3v) is 10.7. The Bertz CT molecular complexity index is 1290. The van der Waals surface area contributed by atoms with E-state index in [-0.39, 0.29) is 65.4 Å². The van der Waals surface area contributed by atoms with Crippen LogP contribution in [-0.2, 0) is 32.1 Å². The van der Waals surface area contributed by atoms with Gasteiger partial charge in [0.05, 0.1) is 12.1 Å². The van der Waals surface area contributed by atoms with Crippen LogP contribution < -0.4 is 4.74 Å². The number of aliphatic carboxylic acids is 2. The molecule has 6 atom stereocenters. The summed E-state index contributed by atoms with van der Waals surface area (Å²) in [5, 5.41) is 30.1. The van der Waals surface area contributed by atoms with Crippen molar-refractivity contribution in [1.82, 2.24) is 4.90 Å². The first-order valence-electron chi connectivity index (χ1n) is 14.1. The quantitative estimate of drug-likeness (QED) is 0.438. The van der Waals surface area contributed by atoms with E-state index in [9.17, 15) is 29.4 Å². The number of rotatable bonds is 6. The lowest BCUT2D eigenvalue weighted by Gasteiger charge is -2.64. The number of nitrogens with zero attached hydrogens (tertiary/aromatic N) is 1. The van der Waals surface area contributed by atoms with Crippen LogP contribution in [0.25, 0.3) is 0 Å². The first kappa shape index (κ1) is 28.2. The topological polar surface area (TPSA) is 151 Å². The third kappa shape index (κ3) is 3.96. The van der Waals surface area contributed by atoms with Crippen LogP contribution in [-0.4, -0.2) is 61.8 Å². The maximum atomic E-state index is 13.4. The predicted molar refractivity (Wildman–Crippen MR) is 142 cm³/mol. The Balaban J connectivity index is 1.52. The van der Waals surface area contributed by atoms with Gasteiger partial charge in [0.1, 0.15) is 29.2 Å². The average Bonchev–Trinajstić information content (AvgIpc) is 3.40. The molecule has 4 aliphatic rings. The highest BCUT2D eigenvalue weighted by Crippen LogP contribution is 2.67. The van der Waals surface area contributed by atoms with Crippen molar-refractivity contribution in [2.24, 2.45) is 22.7 Å². The molecule has 3 N–H and O–H groups in total. The second-order valence-corrected chi connectivity index (χ2v) is 13.0. The van der Waals surface area contributed by atoms with Crippen molar-refractivity contribution in [2.75, 3.05) is 0 Å². The van der Waals surface area contributed by atoms with Crippen molar-refractivity contribution < 1.29 is 44.0 Å². The van der Waals surface area contributed by atoms with Crippen LogP contribution in [0.3, 0.4) is 0 Å². The SMILES string of the molecule is CC(=O)O[C@H]1CC[C@@]2(C)C(CC[C@@H](C)[C@]23Cc2c(O)cc4c(c2O3)CN([C@@H](CCC(=O)O)C(=O)O)C4=O)C1(C)C. The number of phenolic OH excluding ortho intramolecular Hbond substituents is 1. The van der Waals surface area contributed by atoms with Crippen LogP contribution in [0.1, 0.15) is 94.6 Å². The van der Waals surface area contributed by atoms with Crippen LogP contribution in [0.4, 0.5) is 0 Å². The number of hydrogen-bond donors (Lipinski definition) is 3. The van der Waals surface area contributed by atoms with E-state index < -0.39 is 29.5 Å². The van der Waals surface area contributed by atoms with E-state index in [1.54, 1.807) is 0 Å². The first-order chi connectivity index (χ1) is 18.6. The number of esters is 1. The van der Waals surface area contributed by atoms with E-state index in [0.717, 1.165) is 19.3 Å². The summed E-state index contributed by atoms with van der Waals surface area (Å²) in [6.45, 7) is 10.1. The Morgan fingerprint density at radius 3 is 2.48 bits per heavy atom. The molecule has 0 radical (unpaired) electrons. The van der Waals surface area contributed by atoms with E-state index in [1.165, 1.54) is 17.9 Å². The number of carbonyl (C=O) groups is 4. The number of carboxylic acid groups (broad SMARTS) is 2.